The molecule has 0 amide bonds. The number of rotatable bonds is 11. The number of carbonyl (C=O) groups is 1. The Labute approximate surface area is 191 Å². The molecule has 1 aromatic heterocycles. The topological polar surface area (TPSA) is 75.6 Å². The van der Waals surface area contributed by atoms with Crippen LogP contribution in [0.25, 0.3) is 0 Å². The summed E-state index contributed by atoms with van der Waals surface area (Å²) in [6.45, 7) is 12.3. The number of aliphatic imine (C=N–C) groups is 1. The number of nitrogens with one attached hydrogen (secondary N) is 2. The Morgan fingerprint density at radius 1 is 1.21 bits per heavy atom. The zero-order valence-corrected chi connectivity index (χ0v) is 21.1. The van der Waals surface area contributed by atoms with E-state index in [1.54, 1.807) is 11.3 Å². The van der Waals surface area contributed by atoms with E-state index in [1.165, 1.54) is 4.88 Å². The molecule has 28 heavy (non-hydrogen) atoms. The van der Waals surface area contributed by atoms with Crippen molar-refractivity contribution in [1.29, 1.82) is 0 Å². The van der Waals surface area contributed by atoms with Crippen molar-refractivity contribution in [3.8, 4) is 0 Å². The largest absolute Gasteiger partial charge is 0.460 e. The second-order valence-corrected chi connectivity index (χ2v) is 8.87. The number of halogens is 1. The molecule has 0 aliphatic carbocycles. The van der Waals surface area contributed by atoms with Crippen LogP contribution in [0.3, 0.4) is 0 Å². The van der Waals surface area contributed by atoms with Crippen LogP contribution in [-0.2, 0) is 16.0 Å². The van der Waals surface area contributed by atoms with Gasteiger partial charge in [0.05, 0.1) is 5.01 Å². The lowest BCUT2D eigenvalue weighted by Gasteiger charge is -2.19. The number of esters is 1. The molecule has 1 aromatic rings. The fourth-order valence-electron chi connectivity index (χ4n) is 2.46. The van der Waals surface area contributed by atoms with E-state index in [4.69, 9.17) is 4.74 Å². The van der Waals surface area contributed by atoms with E-state index in [0.717, 1.165) is 62.7 Å². The fourth-order valence-corrected chi connectivity index (χ4v) is 3.25. The number of hydrogen-bond acceptors (Lipinski definition) is 5. The highest BCUT2D eigenvalue weighted by atomic mass is 127. The molecule has 0 fully saturated rings. The second kappa shape index (κ2) is 15.0. The minimum Gasteiger partial charge on any atom is -0.460 e. The highest BCUT2D eigenvalue weighted by Gasteiger charge is 2.15. The monoisotopic (exact) mass is 524 g/mol. The van der Waals surface area contributed by atoms with Gasteiger partial charge in [0.1, 0.15) is 5.60 Å². The third-order valence-corrected chi connectivity index (χ3v) is 4.60. The van der Waals surface area contributed by atoms with Crippen LogP contribution in [0.2, 0.25) is 0 Å². The Bertz CT molecular complexity index is 585. The van der Waals surface area contributed by atoms with Gasteiger partial charge in [-0.05, 0) is 47.5 Å². The highest BCUT2D eigenvalue weighted by Crippen LogP contribution is 2.12. The third-order valence-electron chi connectivity index (χ3n) is 3.62. The van der Waals surface area contributed by atoms with Crippen LogP contribution in [0, 0.1) is 6.92 Å². The highest BCUT2D eigenvalue weighted by molar-refractivity contribution is 14.0. The Hall–Kier alpha value is -0.900. The number of carbonyl (C=O) groups excluding carboxylic acids is 1. The van der Waals surface area contributed by atoms with E-state index in [0.29, 0.717) is 6.42 Å². The predicted molar refractivity (Wildman–Crippen MR) is 129 cm³/mol. The van der Waals surface area contributed by atoms with Crippen molar-refractivity contribution < 1.29 is 9.53 Å². The number of ether oxygens (including phenoxy) is 1. The van der Waals surface area contributed by atoms with E-state index in [2.05, 4.69) is 34.5 Å². The average Bonchev–Trinajstić information content (AvgIpc) is 2.97. The fraction of sp³-hybridized carbons (Fsp3) is 0.750. The standard InChI is InChI=1S/C20H36N4O2S.HI/c1-6-21-19(23-14-12-17-24-15-16(2)27-17)22-13-10-8-7-9-11-18(25)26-20(3,4)5;/h15H,6-14H2,1-5H3,(H2,21,22,23);1H. The molecule has 6 nitrogen and oxygen atoms in total. The van der Waals surface area contributed by atoms with Gasteiger partial charge in [0.2, 0.25) is 0 Å². The zero-order valence-electron chi connectivity index (χ0n) is 18.0. The molecule has 162 valence electrons. The zero-order chi connectivity index (χ0) is 20.1. The summed E-state index contributed by atoms with van der Waals surface area (Å²) < 4.78 is 5.31. The first-order chi connectivity index (χ1) is 12.8. The Balaban J connectivity index is 0.00000729. The second-order valence-electron chi connectivity index (χ2n) is 7.55. The summed E-state index contributed by atoms with van der Waals surface area (Å²) in [7, 11) is 0. The first-order valence-electron chi connectivity index (χ1n) is 9.95. The van der Waals surface area contributed by atoms with Crippen LogP contribution in [0.1, 0.15) is 69.7 Å². The van der Waals surface area contributed by atoms with Gasteiger partial charge in [0.25, 0.3) is 0 Å². The predicted octanol–water partition coefficient (Wildman–Crippen LogP) is 4.46. The number of guanidine groups is 1. The van der Waals surface area contributed by atoms with Gasteiger partial charge < -0.3 is 15.4 Å². The first kappa shape index (κ1) is 27.1. The van der Waals surface area contributed by atoms with Crippen LogP contribution in [0.15, 0.2) is 11.2 Å². The van der Waals surface area contributed by atoms with Gasteiger partial charge >= 0.3 is 5.97 Å². The van der Waals surface area contributed by atoms with Gasteiger partial charge in [-0.1, -0.05) is 12.8 Å². The van der Waals surface area contributed by atoms with Gasteiger partial charge in [0, 0.05) is 43.5 Å². The maximum Gasteiger partial charge on any atom is 0.306 e. The molecule has 0 atom stereocenters. The van der Waals surface area contributed by atoms with E-state index in [1.807, 2.05) is 27.0 Å². The molecular weight excluding hydrogens is 487 g/mol. The van der Waals surface area contributed by atoms with E-state index in [9.17, 15) is 4.79 Å². The van der Waals surface area contributed by atoms with E-state index >= 15 is 0 Å². The lowest BCUT2D eigenvalue weighted by atomic mass is 10.1. The van der Waals surface area contributed by atoms with Crippen LogP contribution in [0.4, 0.5) is 0 Å². The minimum absolute atomic E-state index is 0. The van der Waals surface area contributed by atoms with Gasteiger partial charge in [-0.25, -0.2) is 4.98 Å². The van der Waals surface area contributed by atoms with Gasteiger partial charge in [-0.15, -0.1) is 35.3 Å². The van der Waals surface area contributed by atoms with Gasteiger partial charge in [-0.3, -0.25) is 9.79 Å². The average molecular weight is 525 g/mol. The summed E-state index contributed by atoms with van der Waals surface area (Å²) in [4.78, 5) is 21.9. The summed E-state index contributed by atoms with van der Waals surface area (Å²) >= 11 is 1.74. The van der Waals surface area contributed by atoms with Crippen molar-refractivity contribution in [2.45, 2.75) is 78.7 Å². The molecule has 0 unspecified atom stereocenters. The molecule has 1 rings (SSSR count). The summed E-state index contributed by atoms with van der Waals surface area (Å²) in [5.74, 6) is 0.758. The summed E-state index contributed by atoms with van der Waals surface area (Å²) in [5.41, 5.74) is -0.389. The molecular formula is C20H37IN4O2S. The quantitative estimate of drug-likeness (QED) is 0.147. The Kier molecular flexibility index (Phi) is 14.5. The van der Waals surface area contributed by atoms with Crippen LogP contribution < -0.4 is 10.6 Å². The summed E-state index contributed by atoms with van der Waals surface area (Å²) in [5, 5.41) is 7.79. The smallest absolute Gasteiger partial charge is 0.306 e. The molecule has 0 saturated carbocycles. The molecule has 1 heterocycles. The van der Waals surface area contributed by atoms with E-state index in [-0.39, 0.29) is 35.5 Å². The SMILES string of the molecule is CCNC(=NCCCCCCC(=O)OC(C)(C)C)NCCc1ncc(C)s1.I. The molecule has 8 heteroatoms. The van der Waals surface area contributed by atoms with E-state index < -0.39 is 0 Å². The molecule has 0 saturated heterocycles. The van der Waals surface area contributed by atoms with Crippen molar-refractivity contribution in [3.05, 3.63) is 16.1 Å². The minimum atomic E-state index is -0.389. The van der Waals surface area contributed by atoms with Gasteiger partial charge in [0.15, 0.2) is 5.96 Å². The van der Waals surface area contributed by atoms with Crippen molar-refractivity contribution >= 4 is 47.2 Å². The molecule has 0 aromatic carbocycles. The Morgan fingerprint density at radius 2 is 1.93 bits per heavy atom. The third kappa shape index (κ3) is 14.1. The number of aromatic nitrogens is 1. The maximum atomic E-state index is 11.6. The molecule has 0 aliphatic rings. The Morgan fingerprint density at radius 3 is 2.54 bits per heavy atom. The number of unbranched alkanes of at least 4 members (excludes halogenated alkanes) is 3. The first-order valence-corrected chi connectivity index (χ1v) is 10.8. The normalized spacial score (nSPS) is 11.7. The lowest BCUT2D eigenvalue weighted by Crippen LogP contribution is -2.38. The van der Waals surface area contributed by atoms with Crippen molar-refractivity contribution in [1.82, 2.24) is 15.6 Å². The number of nitrogens with zero attached hydrogens (tertiary/aromatic N) is 2. The molecule has 0 aliphatic heterocycles. The van der Waals surface area contributed by atoms with Gasteiger partial charge in [-0.2, -0.15) is 0 Å². The molecule has 0 spiro atoms. The number of thiazole rings is 1. The number of aryl methyl sites for hydroxylation is 1. The number of hydrogen-bond donors (Lipinski definition) is 2. The summed E-state index contributed by atoms with van der Waals surface area (Å²) in [6.07, 6.45) is 7.34. The van der Waals surface area contributed by atoms with Crippen molar-refractivity contribution in [2.24, 2.45) is 4.99 Å². The molecule has 2 N–H and O–H groups in total. The molecule has 0 radical (unpaired) electrons. The van der Waals surface area contributed by atoms with Crippen molar-refractivity contribution in [2.75, 3.05) is 19.6 Å². The summed E-state index contributed by atoms with van der Waals surface area (Å²) in [6, 6.07) is 0. The van der Waals surface area contributed by atoms with Crippen LogP contribution in [-0.4, -0.2) is 42.1 Å². The van der Waals surface area contributed by atoms with Crippen LogP contribution >= 0.6 is 35.3 Å². The van der Waals surface area contributed by atoms with Crippen molar-refractivity contribution in [3.63, 3.8) is 0 Å². The van der Waals surface area contributed by atoms with Crippen LogP contribution in [0.5, 0.6) is 0 Å². The lowest BCUT2D eigenvalue weighted by molar-refractivity contribution is -0.154. The molecule has 0 bridgehead atoms. The maximum absolute atomic E-state index is 11.6.